The molecule has 0 N–H and O–H groups in total. The maximum Gasteiger partial charge on any atom is -1.00 e. The number of fused-ring (bicyclic) bond motifs is 4. The number of aryl methyl sites for hydroxylation is 2. The standard InChI is InChI=1S/2C21H17.CH2.2ClH.Zr/c2*1-2-15-13-17-9-6-12-20(21(17)14-15)19-11-5-8-16-7-3-4-10-18(16)19;;;;/h2*3-14H,2H2,1H3;1H2;2*1H;/q2*-1;;;;+2/p-2. The first-order valence-electron chi connectivity index (χ1n) is 15.4. The maximum absolute atomic E-state index is 3.34. The van der Waals surface area contributed by atoms with Gasteiger partial charge in [0.2, 0.25) is 0 Å². The van der Waals surface area contributed by atoms with Gasteiger partial charge in [0, 0.05) is 0 Å². The molecule has 8 aromatic rings. The fourth-order valence-corrected chi connectivity index (χ4v) is 6.39. The molecule has 0 bridgehead atoms. The number of hydrogen-bond donors (Lipinski definition) is 0. The third-order valence-corrected chi connectivity index (χ3v) is 8.60. The summed E-state index contributed by atoms with van der Waals surface area (Å²) in [7, 11) is 0. The molecule has 46 heavy (non-hydrogen) atoms. The Balaban J connectivity index is 0.000000190. The van der Waals surface area contributed by atoms with Crippen LogP contribution in [0.4, 0.5) is 0 Å². The molecule has 8 aromatic carbocycles. The second-order valence-corrected chi connectivity index (χ2v) is 11.1. The van der Waals surface area contributed by atoms with E-state index in [1.165, 1.54) is 101 Å². The molecule has 0 aromatic heterocycles. The molecule has 0 amide bonds. The van der Waals surface area contributed by atoms with Gasteiger partial charge in [0.05, 0.1) is 0 Å². The van der Waals surface area contributed by atoms with Gasteiger partial charge < -0.3 is 24.8 Å². The minimum absolute atomic E-state index is 0. The molecule has 0 nitrogen and oxygen atoms in total. The summed E-state index contributed by atoms with van der Waals surface area (Å²) in [5.74, 6) is 0. The zero-order chi connectivity index (χ0) is 30.5. The van der Waals surface area contributed by atoms with E-state index in [4.69, 9.17) is 0 Å². The van der Waals surface area contributed by atoms with Crippen molar-refractivity contribution in [3.63, 3.8) is 0 Å². The van der Waals surface area contributed by atoms with Crippen LogP contribution in [0.25, 0.3) is 65.3 Å². The minimum Gasteiger partial charge on any atom is -1.00 e. The molecular formula is C43H36Cl2Zr-2. The van der Waals surface area contributed by atoms with Crippen molar-refractivity contribution in [2.75, 3.05) is 0 Å². The predicted molar refractivity (Wildman–Crippen MR) is 191 cm³/mol. The molecule has 0 aliphatic heterocycles. The van der Waals surface area contributed by atoms with E-state index < -0.39 is 0 Å². The quantitative estimate of drug-likeness (QED) is 0.201. The molecule has 0 heterocycles. The zero-order valence-electron chi connectivity index (χ0n) is 26.2. The molecule has 228 valence electrons. The van der Waals surface area contributed by atoms with Gasteiger partial charge in [0.15, 0.2) is 0 Å². The first kappa shape index (κ1) is 35.3. The largest absolute Gasteiger partial charge is 1.00 e. The van der Waals surface area contributed by atoms with Crippen LogP contribution in [0.15, 0.2) is 146 Å². The van der Waals surface area contributed by atoms with Gasteiger partial charge in [0.25, 0.3) is 0 Å². The Bertz CT molecular complexity index is 2030. The van der Waals surface area contributed by atoms with Crippen LogP contribution in [0.3, 0.4) is 0 Å². The van der Waals surface area contributed by atoms with Gasteiger partial charge >= 0.3 is 28.4 Å². The normalized spacial score (nSPS) is 10.4. The van der Waals surface area contributed by atoms with E-state index in [2.05, 4.69) is 164 Å². The average Bonchev–Trinajstić information content (AvgIpc) is 3.73. The Morgan fingerprint density at radius 2 is 0.761 bits per heavy atom. The summed E-state index contributed by atoms with van der Waals surface area (Å²) in [5.41, 5.74) is 8.15. The molecule has 0 unspecified atom stereocenters. The third-order valence-electron chi connectivity index (χ3n) is 8.60. The van der Waals surface area contributed by atoms with Gasteiger partial charge in [-0.1, -0.05) is 122 Å². The SMILES string of the molecule is CCc1cc2c(-c3cccc4ccccc34)cccc2[cH-]1.CCc1cc2c(-c3cccc4ccccc34)cccc2[cH-]1.[CH2]=[Zr+2].[Cl-].[Cl-]. The Labute approximate surface area is 300 Å². The molecule has 0 atom stereocenters. The van der Waals surface area contributed by atoms with Crippen LogP contribution in [0.2, 0.25) is 0 Å². The molecule has 0 saturated heterocycles. The van der Waals surface area contributed by atoms with Gasteiger partial charge in [0.1, 0.15) is 0 Å². The van der Waals surface area contributed by atoms with Crippen LogP contribution in [0.5, 0.6) is 0 Å². The molecule has 0 fully saturated rings. The fraction of sp³-hybridized carbons (Fsp3) is 0.0930. The average molecular weight is 715 g/mol. The molecule has 0 aliphatic carbocycles. The van der Waals surface area contributed by atoms with E-state index in [1.54, 1.807) is 0 Å². The molecule has 0 saturated carbocycles. The van der Waals surface area contributed by atoms with E-state index in [-0.39, 0.29) is 24.8 Å². The Morgan fingerprint density at radius 1 is 0.435 bits per heavy atom. The maximum atomic E-state index is 3.34. The van der Waals surface area contributed by atoms with Crippen LogP contribution >= 0.6 is 0 Å². The number of hydrogen-bond acceptors (Lipinski definition) is 0. The predicted octanol–water partition coefficient (Wildman–Crippen LogP) is 5.86. The van der Waals surface area contributed by atoms with E-state index in [0.717, 1.165) is 12.8 Å². The number of benzene rings is 6. The fourth-order valence-electron chi connectivity index (χ4n) is 6.39. The number of rotatable bonds is 4. The van der Waals surface area contributed by atoms with Crippen LogP contribution < -0.4 is 24.8 Å². The Hall–Kier alpha value is -3.61. The summed E-state index contributed by atoms with van der Waals surface area (Å²) in [6.07, 6.45) is 2.17. The summed E-state index contributed by atoms with van der Waals surface area (Å²) in [4.78, 5) is 0. The van der Waals surface area contributed by atoms with Crippen molar-refractivity contribution >= 4 is 47.3 Å². The van der Waals surface area contributed by atoms with Crippen LogP contribution in [0.1, 0.15) is 25.0 Å². The van der Waals surface area contributed by atoms with Gasteiger partial charge in [-0.15, -0.1) is 69.1 Å². The van der Waals surface area contributed by atoms with E-state index in [0.29, 0.717) is 0 Å². The van der Waals surface area contributed by atoms with Crippen molar-refractivity contribution in [2.45, 2.75) is 26.7 Å². The minimum atomic E-state index is 0. The zero-order valence-corrected chi connectivity index (χ0v) is 30.2. The molecule has 0 spiro atoms. The summed E-state index contributed by atoms with van der Waals surface area (Å²) >= 11 is 1.30. The monoisotopic (exact) mass is 712 g/mol. The number of halogens is 2. The first-order valence-corrected chi connectivity index (χ1v) is 17.2. The van der Waals surface area contributed by atoms with Crippen molar-refractivity contribution in [1.82, 2.24) is 0 Å². The van der Waals surface area contributed by atoms with E-state index in [9.17, 15) is 0 Å². The van der Waals surface area contributed by atoms with Crippen molar-refractivity contribution in [2.24, 2.45) is 0 Å². The van der Waals surface area contributed by atoms with Crippen molar-refractivity contribution in [3.8, 4) is 22.3 Å². The van der Waals surface area contributed by atoms with Crippen LogP contribution in [-0.2, 0) is 37.1 Å². The molecule has 0 aliphatic rings. The second-order valence-electron chi connectivity index (χ2n) is 11.1. The summed E-state index contributed by atoms with van der Waals surface area (Å²) < 4.78 is 3.34. The third kappa shape index (κ3) is 7.04. The van der Waals surface area contributed by atoms with E-state index >= 15 is 0 Å². The Morgan fingerprint density at radius 3 is 1.15 bits per heavy atom. The van der Waals surface area contributed by atoms with Gasteiger partial charge in [-0.2, -0.15) is 12.1 Å². The van der Waals surface area contributed by atoms with E-state index in [1.807, 2.05) is 0 Å². The second kappa shape index (κ2) is 16.3. The summed E-state index contributed by atoms with van der Waals surface area (Å²) in [6.45, 7) is 4.43. The topological polar surface area (TPSA) is 0 Å². The van der Waals surface area contributed by atoms with Crippen molar-refractivity contribution < 1.29 is 49.0 Å². The molecule has 3 heteroatoms. The smallest absolute Gasteiger partial charge is 1.00 e. The van der Waals surface area contributed by atoms with Crippen LogP contribution in [-0.4, -0.2) is 4.21 Å². The van der Waals surface area contributed by atoms with Crippen molar-refractivity contribution in [1.29, 1.82) is 0 Å². The first-order chi connectivity index (χ1) is 21.7. The van der Waals surface area contributed by atoms with Crippen molar-refractivity contribution in [3.05, 3.63) is 157 Å². The molecule has 0 radical (unpaired) electrons. The molecular weight excluding hydrogens is 679 g/mol. The Kier molecular flexibility index (Phi) is 12.5. The molecule has 8 rings (SSSR count). The van der Waals surface area contributed by atoms with Gasteiger partial charge in [-0.25, -0.2) is 0 Å². The summed E-state index contributed by atoms with van der Waals surface area (Å²) in [5, 5.41) is 10.7. The van der Waals surface area contributed by atoms with Crippen LogP contribution in [0, 0.1) is 0 Å². The van der Waals surface area contributed by atoms with Gasteiger partial charge in [-0.3, -0.25) is 0 Å². The summed E-state index contributed by atoms with van der Waals surface area (Å²) in [6, 6.07) is 52.9. The van der Waals surface area contributed by atoms with Gasteiger partial charge in [-0.05, 0) is 45.5 Å².